The molecule has 0 aliphatic rings. The van der Waals surface area contributed by atoms with Crippen molar-refractivity contribution >= 4 is 25.8 Å². The third-order valence-corrected chi connectivity index (χ3v) is 4.34. The van der Waals surface area contributed by atoms with E-state index in [0.29, 0.717) is 6.61 Å². The molecule has 0 saturated carbocycles. The summed E-state index contributed by atoms with van der Waals surface area (Å²) in [5.74, 6) is -0.253. The van der Waals surface area contributed by atoms with Crippen molar-refractivity contribution in [2.75, 3.05) is 11.9 Å². The highest BCUT2D eigenvalue weighted by molar-refractivity contribution is 6.76. The van der Waals surface area contributed by atoms with Gasteiger partial charge in [-0.25, -0.2) is 9.78 Å². The maximum atomic E-state index is 10.7. The highest BCUT2D eigenvalue weighted by Crippen LogP contribution is 2.14. The normalized spacial score (nSPS) is 12.4. The van der Waals surface area contributed by atoms with Gasteiger partial charge >= 0.3 is 6.09 Å². The first kappa shape index (κ1) is 17.0. The Labute approximate surface area is 123 Å². The molecule has 1 heterocycles. The minimum atomic E-state index is -1.29. The molecular formula is C11H21N5O4Si. The molecule has 0 aliphatic heterocycles. The van der Waals surface area contributed by atoms with Crippen molar-refractivity contribution in [1.82, 2.24) is 9.55 Å². The molecule has 21 heavy (non-hydrogen) atoms. The van der Waals surface area contributed by atoms with Crippen LogP contribution in [0, 0.1) is 0 Å². The fraction of sp³-hybridized carbons (Fsp3) is 0.545. The van der Waals surface area contributed by atoms with Crippen LogP contribution in [0.3, 0.4) is 0 Å². The number of nitrogens with zero attached hydrogens (tertiary/aromatic N) is 3. The number of nitrogens with one attached hydrogen (secondary N) is 1. The summed E-state index contributed by atoms with van der Waals surface area (Å²) in [6.07, 6.45) is 0.0829. The van der Waals surface area contributed by atoms with Gasteiger partial charge in [-0.2, -0.15) is 0 Å². The van der Waals surface area contributed by atoms with Gasteiger partial charge in [0.25, 0.3) is 0 Å². The van der Waals surface area contributed by atoms with E-state index in [-0.39, 0.29) is 24.1 Å². The fourth-order valence-corrected chi connectivity index (χ4v) is 2.29. The number of carboxylic acid groups (broad SMARTS) is 1. The molecule has 1 aromatic rings. The van der Waals surface area contributed by atoms with Crippen molar-refractivity contribution < 1.29 is 19.8 Å². The van der Waals surface area contributed by atoms with Crippen LogP contribution in [0.15, 0.2) is 11.5 Å². The number of aromatic nitrogens is 2. The smallest absolute Gasteiger partial charge is 0.410 e. The number of amidine groups is 1. The highest BCUT2D eigenvalue weighted by Gasteiger charge is 2.18. The zero-order valence-electron chi connectivity index (χ0n) is 12.3. The minimum Gasteiger partial charge on any atom is -0.465 e. The highest BCUT2D eigenvalue weighted by atomic mass is 28.3. The van der Waals surface area contributed by atoms with Crippen LogP contribution in [-0.2, 0) is 11.5 Å². The molecule has 5 N–H and O–H groups in total. The van der Waals surface area contributed by atoms with E-state index in [9.17, 15) is 4.79 Å². The second kappa shape index (κ2) is 7.08. The molecule has 0 atom stereocenters. The quantitative estimate of drug-likeness (QED) is 0.150. The van der Waals surface area contributed by atoms with Gasteiger partial charge < -0.3 is 25.4 Å². The SMILES string of the molecule is C[Si](C)(C)CCOCn1cnc(NC(=O)O)c1C(N)=NO. The minimum absolute atomic E-state index is 0.00778. The molecule has 0 aliphatic carbocycles. The number of carbonyl (C=O) groups is 1. The van der Waals surface area contributed by atoms with Crippen molar-refractivity contribution in [2.45, 2.75) is 32.4 Å². The summed E-state index contributed by atoms with van der Waals surface area (Å²) in [6.45, 7) is 7.45. The van der Waals surface area contributed by atoms with Crippen LogP contribution in [0.25, 0.3) is 0 Å². The second-order valence-electron chi connectivity index (χ2n) is 5.67. The average Bonchev–Trinajstić information content (AvgIpc) is 2.74. The predicted molar refractivity (Wildman–Crippen MR) is 80.5 cm³/mol. The Morgan fingerprint density at radius 2 is 2.24 bits per heavy atom. The van der Waals surface area contributed by atoms with E-state index >= 15 is 0 Å². The Kier molecular flexibility index (Phi) is 5.73. The largest absolute Gasteiger partial charge is 0.465 e. The number of nitrogens with two attached hydrogens (primary N) is 1. The summed E-state index contributed by atoms with van der Waals surface area (Å²) in [4.78, 5) is 14.6. The number of amides is 1. The third kappa shape index (κ3) is 5.43. The summed E-state index contributed by atoms with van der Waals surface area (Å²) in [7, 11) is -1.18. The predicted octanol–water partition coefficient (Wildman–Crippen LogP) is 1.38. The molecule has 0 fully saturated rings. The fourth-order valence-electron chi connectivity index (χ4n) is 1.53. The first-order valence-corrected chi connectivity index (χ1v) is 10.1. The van der Waals surface area contributed by atoms with Crippen LogP contribution in [0.2, 0.25) is 25.7 Å². The first-order chi connectivity index (χ1) is 9.74. The van der Waals surface area contributed by atoms with E-state index in [1.807, 2.05) is 0 Å². The van der Waals surface area contributed by atoms with Gasteiger partial charge in [-0.3, -0.25) is 5.32 Å². The maximum Gasteiger partial charge on any atom is 0.410 e. The number of anilines is 1. The number of oxime groups is 1. The standard InChI is InChI=1S/C11H21N5O4Si/c1-21(2,3)5-4-20-7-16-6-13-10(14-11(17)18)8(16)9(12)15-19/h6,14,19H,4-5,7H2,1-3H3,(H2,12,15)(H,17,18). The molecular weight excluding hydrogens is 294 g/mol. The Morgan fingerprint density at radius 1 is 1.57 bits per heavy atom. The van der Waals surface area contributed by atoms with Crippen LogP contribution in [-0.4, -0.2) is 46.5 Å². The zero-order chi connectivity index (χ0) is 16.0. The molecule has 118 valence electrons. The van der Waals surface area contributed by atoms with Crippen molar-refractivity contribution in [2.24, 2.45) is 10.9 Å². The summed E-state index contributed by atoms with van der Waals surface area (Å²) >= 11 is 0. The van der Waals surface area contributed by atoms with Gasteiger partial charge in [0.05, 0.1) is 6.33 Å². The van der Waals surface area contributed by atoms with E-state index in [2.05, 4.69) is 35.1 Å². The van der Waals surface area contributed by atoms with E-state index in [4.69, 9.17) is 20.8 Å². The second-order valence-corrected chi connectivity index (χ2v) is 11.3. The molecule has 1 rings (SSSR count). The molecule has 1 aromatic heterocycles. The third-order valence-electron chi connectivity index (χ3n) is 2.64. The van der Waals surface area contributed by atoms with Crippen LogP contribution in [0.4, 0.5) is 10.6 Å². The number of hydrogen-bond donors (Lipinski definition) is 4. The van der Waals surface area contributed by atoms with Crippen LogP contribution < -0.4 is 11.1 Å². The zero-order valence-corrected chi connectivity index (χ0v) is 13.3. The monoisotopic (exact) mass is 315 g/mol. The van der Waals surface area contributed by atoms with Gasteiger partial charge in [-0.05, 0) is 6.04 Å². The number of rotatable bonds is 7. The van der Waals surface area contributed by atoms with E-state index in [1.54, 1.807) is 0 Å². The lowest BCUT2D eigenvalue weighted by molar-refractivity contribution is 0.0867. The van der Waals surface area contributed by atoms with E-state index in [0.717, 1.165) is 6.04 Å². The number of imidazole rings is 1. The van der Waals surface area contributed by atoms with Crippen molar-refractivity contribution in [3.05, 3.63) is 12.0 Å². The summed E-state index contributed by atoms with van der Waals surface area (Å²) in [6, 6.07) is 1.00. The molecule has 0 aromatic carbocycles. The van der Waals surface area contributed by atoms with E-state index < -0.39 is 14.2 Å². The van der Waals surface area contributed by atoms with Gasteiger partial charge in [0.2, 0.25) is 0 Å². The molecule has 0 radical (unpaired) electrons. The Morgan fingerprint density at radius 3 is 2.76 bits per heavy atom. The molecule has 0 spiro atoms. The summed E-state index contributed by atoms with van der Waals surface area (Å²) < 4.78 is 7.02. The maximum absolute atomic E-state index is 10.7. The molecule has 0 saturated heterocycles. The Bertz CT molecular complexity index is 523. The van der Waals surface area contributed by atoms with Gasteiger partial charge in [-0.1, -0.05) is 24.8 Å². The van der Waals surface area contributed by atoms with Crippen LogP contribution >= 0.6 is 0 Å². The average molecular weight is 315 g/mol. The van der Waals surface area contributed by atoms with Gasteiger partial charge in [0.15, 0.2) is 11.7 Å². The lowest BCUT2D eigenvalue weighted by Gasteiger charge is -2.16. The van der Waals surface area contributed by atoms with Gasteiger partial charge in [0, 0.05) is 14.7 Å². The van der Waals surface area contributed by atoms with Gasteiger partial charge in [0.1, 0.15) is 12.4 Å². The van der Waals surface area contributed by atoms with Crippen LogP contribution in [0.5, 0.6) is 0 Å². The molecule has 9 nitrogen and oxygen atoms in total. The molecule has 10 heteroatoms. The lowest BCUT2D eigenvalue weighted by atomic mass is 10.4. The van der Waals surface area contributed by atoms with Crippen molar-refractivity contribution in [3.63, 3.8) is 0 Å². The Balaban J connectivity index is 2.78. The number of ether oxygens (including phenoxy) is 1. The van der Waals surface area contributed by atoms with Crippen LogP contribution in [0.1, 0.15) is 5.69 Å². The lowest BCUT2D eigenvalue weighted by Crippen LogP contribution is -2.24. The number of hydrogen-bond acceptors (Lipinski definition) is 5. The van der Waals surface area contributed by atoms with E-state index in [1.165, 1.54) is 10.9 Å². The summed E-state index contributed by atoms with van der Waals surface area (Å²) in [5.41, 5.74) is 5.71. The van der Waals surface area contributed by atoms with Crippen molar-refractivity contribution in [1.29, 1.82) is 0 Å². The Hall–Kier alpha value is -2.07. The van der Waals surface area contributed by atoms with Gasteiger partial charge in [-0.15, -0.1) is 0 Å². The molecule has 1 amide bonds. The van der Waals surface area contributed by atoms with Crippen molar-refractivity contribution in [3.8, 4) is 0 Å². The summed E-state index contributed by atoms with van der Waals surface area (Å²) in [5, 5.41) is 22.5. The topological polar surface area (TPSA) is 135 Å². The molecule has 0 bridgehead atoms. The first-order valence-electron chi connectivity index (χ1n) is 6.35. The molecule has 0 unspecified atom stereocenters.